The minimum Gasteiger partial charge on any atom is -0.444 e. The van der Waals surface area contributed by atoms with Crippen LogP contribution < -0.4 is 5.73 Å². The zero-order valence-corrected chi connectivity index (χ0v) is 12.0. The van der Waals surface area contributed by atoms with Crippen LogP contribution >= 0.6 is 0 Å². The number of hydrogen-bond donors (Lipinski definition) is 1. The maximum absolute atomic E-state index is 12.1. The van der Waals surface area contributed by atoms with Gasteiger partial charge in [-0.2, -0.15) is 5.10 Å². The van der Waals surface area contributed by atoms with E-state index in [0.29, 0.717) is 24.3 Å². The summed E-state index contributed by atoms with van der Waals surface area (Å²) in [6.45, 7) is 6.97. The normalized spacial score (nSPS) is 15.4. The lowest BCUT2D eigenvalue weighted by molar-refractivity contribution is 0.0236. The summed E-state index contributed by atoms with van der Waals surface area (Å²) < 4.78 is 7.09. The summed E-state index contributed by atoms with van der Waals surface area (Å²) in [5.74, 6) is -0.530. The van der Waals surface area contributed by atoms with Gasteiger partial charge in [-0.1, -0.05) is 0 Å². The number of carbonyl (C=O) groups is 2. The van der Waals surface area contributed by atoms with E-state index in [1.165, 1.54) is 6.20 Å². The van der Waals surface area contributed by atoms with Crippen LogP contribution in [0.2, 0.25) is 0 Å². The van der Waals surface area contributed by atoms with Gasteiger partial charge in [-0.05, 0) is 27.2 Å². The van der Waals surface area contributed by atoms with E-state index < -0.39 is 11.5 Å². The Bertz CT molecular complexity index is 530. The molecule has 0 spiro atoms. The molecule has 1 aromatic rings. The van der Waals surface area contributed by atoms with E-state index in [1.807, 2.05) is 20.8 Å². The predicted molar refractivity (Wildman–Crippen MR) is 72.0 cm³/mol. The Balaban J connectivity index is 2.21. The van der Waals surface area contributed by atoms with Crippen molar-refractivity contribution >= 4 is 12.0 Å². The van der Waals surface area contributed by atoms with Gasteiger partial charge in [0.2, 0.25) is 0 Å². The molecule has 0 bridgehead atoms. The van der Waals surface area contributed by atoms with Crippen molar-refractivity contribution in [1.29, 1.82) is 0 Å². The van der Waals surface area contributed by atoms with Crippen molar-refractivity contribution in [3.63, 3.8) is 0 Å². The fourth-order valence-corrected chi connectivity index (χ4v) is 2.13. The van der Waals surface area contributed by atoms with E-state index in [2.05, 4.69) is 5.10 Å². The molecule has 2 heterocycles. The molecule has 1 aliphatic heterocycles. The second-order valence-electron chi connectivity index (χ2n) is 5.85. The SMILES string of the molecule is CC(C)(C)OC(=O)N1CCCn2ncc(C(N)=O)c2C1. The number of aromatic nitrogens is 2. The molecule has 1 aliphatic rings. The topological polar surface area (TPSA) is 90.4 Å². The third kappa shape index (κ3) is 3.09. The lowest BCUT2D eigenvalue weighted by Crippen LogP contribution is -2.36. The minimum atomic E-state index is -0.545. The highest BCUT2D eigenvalue weighted by Gasteiger charge is 2.27. The lowest BCUT2D eigenvalue weighted by atomic mass is 10.2. The van der Waals surface area contributed by atoms with Gasteiger partial charge in [0, 0.05) is 13.1 Å². The van der Waals surface area contributed by atoms with Gasteiger partial charge in [-0.25, -0.2) is 4.79 Å². The third-order valence-electron chi connectivity index (χ3n) is 3.00. The van der Waals surface area contributed by atoms with Crippen molar-refractivity contribution in [2.45, 2.75) is 45.9 Å². The molecule has 0 unspecified atom stereocenters. The number of fused-ring (bicyclic) bond motifs is 1. The number of rotatable bonds is 1. The molecule has 2 rings (SSSR count). The van der Waals surface area contributed by atoms with Crippen molar-refractivity contribution in [3.05, 3.63) is 17.5 Å². The predicted octanol–water partition coefficient (Wildman–Crippen LogP) is 1.12. The zero-order valence-electron chi connectivity index (χ0n) is 12.0. The van der Waals surface area contributed by atoms with Crippen LogP contribution in [-0.2, 0) is 17.8 Å². The highest BCUT2D eigenvalue weighted by molar-refractivity contribution is 5.93. The van der Waals surface area contributed by atoms with E-state index in [-0.39, 0.29) is 12.6 Å². The second kappa shape index (κ2) is 5.15. The summed E-state index contributed by atoms with van der Waals surface area (Å²) in [5, 5.41) is 4.14. The number of aryl methyl sites for hydroxylation is 1. The molecule has 20 heavy (non-hydrogen) atoms. The Labute approximate surface area is 117 Å². The second-order valence-corrected chi connectivity index (χ2v) is 5.85. The standard InChI is InChI=1S/C13H20N4O3/c1-13(2,3)20-12(19)16-5-4-6-17-10(8-16)9(7-15-17)11(14)18/h7H,4-6,8H2,1-3H3,(H2,14,18). The van der Waals surface area contributed by atoms with Gasteiger partial charge in [0.1, 0.15) is 5.60 Å². The van der Waals surface area contributed by atoms with Crippen molar-refractivity contribution in [2.24, 2.45) is 5.73 Å². The summed E-state index contributed by atoms with van der Waals surface area (Å²) >= 11 is 0. The Morgan fingerprint density at radius 2 is 2.05 bits per heavy atom. The fraction of sp³-hybridized carbons (Fsp3) is 0.615. The van der Waals surface area contributed by atoms with Crippen LogP contribution in [0.5, 0.6) is 0 Å². The first-order valence-electron chi connectivity index (χ1n) is 6.60. The molecule has 0 atom stereocenters. The molecule has 7 nitrogen and oxygen atoms in total. The summed E-state index contributed by atoms with van der Waals surface area (Å²) in [7, 11) is 0. The van der Waals surface area contributed by atoms with E-state index in [4.69, 9.17) is 10.5 Å². The number of carbonyl (C=O) groups excluding carboxylic acids is 2. The Morgan fingerprint density at radius 3 is 2.65 bits per heavy atom. The Kier molecular flexibility index (Phi) is 3.69. The molecule has 0 aliphatic carbocycles. The fourth-order valence-electron chi connectivity index (χ4n) is 2.13. The van der Waals surface area contributed by atoms with Gasteiger partial charge in [0.05, 0.1) is 24.0 Å². The van der Waals surface area contributed by atoms with Gasteiger partial charge in [-0.15, -0.1) is 0 Å². The van der Waals surface area contributed by atoms with Crippen molar-refractivity contribution in [3.8, 4) is 0 Å². The molecule has 2 amide bonds. The van der Waals surface area contributed by atoms with Crippen molar-refractivity contribution < 1.29 is 14.3 Å². The third-order valence-corrected chi connectivity index (χ3v) is 3.00. The molecule has 7 heteroatoms. The molecule has 0 saturated heterocycles. The number of primary amides is 1. The number of nitrogens with zero attached hydrogens (tertiary/aromatic N) is 3. The van der Waals surface area contributed by atoms with Gasteiger partial charge in [0.25, 0.3) is 5.91 Å². The first-order valence-corrected chi connectivity index (χ1v) is 6.60. The molecule has 110 valence electrons. The van der Waals surface area contributed by atoms with E-state index in [0.717, 1.165) is 6.42 Å². The number of hydrogen-bond acceptors (Lipinski definition) is 4. The molecular formula is C13H20N4O3. The highest BCUT2D eigenvalue weighted by Crippen LogP contribution is 2.18. The van der Waals surface area contributed by atoms with Crippen molar-refractivity contribution in [1.82, 2.24) is 14.7 Å². The van der Waals surface area contributed by atoms with Crippen LogP contribution in [0.4, 0.5) is 4.79 Å². The average molecular weight is 280 g/mol. The van der Waals surface area contributed by atoms with E-state index in [1.54, 1.807) is 9.58 Å². The number of nitrogens with two attached hydrogens (primary N) is 1. The number of amides is 2. The quantitative estimate of drug-likeness (QED) is 0.834. The summed E-state index contributed by atoms with van der Waals surface area (Å²) in [6, 6.07) is 0. The smallest absolute Gasteiger partial charge is 0.410 e. The molecule has 0 radical (unpaired) electrons. The van der Waals surface area contributed by atoms with Gasteiger partial charge >= 0.3 is 6.09 Å². The summed E-state index contributed by atoms with van der Waals surface area (Å²) in [6.07, 6.45) is 1.82. The maximum atomic E-state index is 12.1. The molecule has 0 aromatic carbocycles. The Hall–Kier alpha value is -2.05. The lowest BCUT2D eigenvalue weighted by Gasteiger charge is -2.26. The molecule has 1 aromatic heterocycles. The first-order chi connectivity index (χ1) is 9.28. The van der Waals surface area contributed by atoms with E-state index >= 15 is 0 Å². The largest absolute Gasteiger partial charge is 0.444 e. The summed E-state index contributed by atoms with van der Waals surface area (Å²) in [4.78, 5) is 25.1. The summed E-state index contributed by atoms with van der Waals surface area (Å²) in [5.41, 5.74) is 5.81. The van der Waals surface area contributed by atoms with Gasteiger partial charge in [-0.3, -0.25) is 9.48 Å². The maximum Gasteiger partial charge on any atom is 0.410 e. The Morgan fingerprint density at radius 1 is 1.35 bits per heavy atom. The highest BCUT2D eigenvalue weighted by atomic mass is 16.6. The first kappa shape index (κ1) is 14.4. The monoisotopic (exact) mass is 280 g/mol. The van der Waals surface area contributed by atoms with Gasteiger partial charge < -0.3 is 15.4 Å². The number of ether oxygens (including phenoxy) is 1. The molecular weight excluding hydrogens is 260 g/mol. The van der Waals surface area contributed by atoms with Crippen LogP contribution in [0.3, 0.4) is 0 Å². The molecule has 0 saturated carbocycles. The zero-order chi connectivity index (χ0) is 14.9. The minimum absolute atomic E-state index is 0.285. The van der Waals surface area contributed by atoms with Crippen LogP contribution in [0.15, 0.2) is 6.20 Å². The van der Waals surface area contributed by atoms with Crippen LogP contribution in [0, 0.1) is 0 Å². The average Bonchev–Trinajstić information content (AvgIpc) is 2.57. The van der Waals surface area contributed by atoms with Crippen LogP contribution in [0.1, 0.15) is 43.2 Å². The molecule has 0 fully saturated rings. The van der Waals surface area contributed by atoms with Crippen LogP contribution in [-0.4, -0.2) is 38.8 Å². The molecule has 2 N–H and O–H groups in total. The van der Waals surface area contributed by atoms with Crippen LogP contribution in [0.25, 0.3) is 0 Å². The van der Waals surface area contributed by atoms with E-state index in [9.17, 15) is 9.59 Å². The van der Waals surface area contributed by atoms with Gasteiger partial charge in [0.15, 0.2) is 0 Å². The van der Waals surface area contributed by atoms with Crippen molar-refractivity contribution in [2.75, 3.05) is 6.54 Å².